The van der Waals surface area contributed by atoms with Crippen LogP contribution >= 0.6 is 0 Å². The highest BCUT2D eigenvalue weighted by Crippen LogP contribution is 2.21. The second-order valence-electron chi connectivity index (χ2n) is 3.95. The van der Waals surface area contributed by atoms with Gasteiger partial charge in [-0.05, 0) is 35.9 Å². The lowest BCUT2D eigenvalue weighted by atomic mass is 10.0. The molecule has 0 bridgehead atoms. The standard InChI is InChI=1S/C14H16N2O/c1-15-10-11-2-4-12(5-3-11)14(17)13-6-8-16-9-7-13/h2-9,14-15,17H,10H2,1H3. The van der Waals surface area contributed by atoms with E-state index in [2.05, 4.69) is 10.3 Å². The van der Waals surface area contributed by atoms with Crippen molar-refractivity contribution in [2.24, 2.45) is 0 Å². The van der Waals surface area contributed by atoms with Crippen LogP contribution in [0.5, 0.6) is 0 Å². The topological polar surface area (TPSA) is 45.1 Å². The van der Waals surface area contributed by atoms with E-state index in [1.54, 1.807) is 12.4 Å². The summed E-state index contributed by atoms with van der Waals surface area (Å²) in [4.78, 5) is 3.94. The minimum Gasteiger partial charge on any atom is -0.384 e. The first-order chi connectivity index (χ1) is 8.31. The van der Waals surface area contributed by atoms with Crippen molar-refractivity contribution in [2.45, 2.75) is 12.6 Å². The van der Waals surface area contributed by atoms with Crippen LogP contribution in [0.1, 0.15) is 22.8 Å². The Morgan fingerprint density at radius 2 is 1.65 bits per heavy atom. The van der Waals surface area contributed by atoms with Crippen LogP contribution in [-0.2, 0) is 6.54 Å². The highest BCUT2D eigenvalue weighted by Gasteiger charge is 2.09. The van der Waals surface area contributed by atoms with E-state index < -0.39 is 6.10 Å². The average Bonchev–Trinajstić information content (AvgIpc) is 2.40. The van der Waals surface area contributed by atoms with Crippen molar-refractivity contribution < 1.29 is 5.11 Å². The van der Waals surface area contributed by atoms with Gasteiger partial charge in [-0.25, -0.2) is 0 Å². The summed E-state index contributed by atoms with van der Waals surface area (Å²) in [6.07, 6.45) is 2.80. The van der Waals surface area contributed by atoms with Gasteiger partial charge in [0.05, 0.1) is 0 Å². The number of aliphatic hydroxyl groups excluding tert-OH is 1. The number of nitrogens with zero attached hydrogens (tertiary/aromatic N) is 1. The monoisotopic (exact) mass is 228 g/mol. The summed E-state index contributed by atoms with van der Waals surface area (Å²) in [6.45, 7) is 0.839. The third-order valence-electron chi connectivity index (χ3n) is 2.70. The van der Waals surface area contributed by atoms with Crippen molar-refractivity contribution in [2.75, 3.05) is 7.05 Å². The summed E-state index contributed by atoms with van der Waals surface area (Å²) in [5.41, 5.74) is 2.97. The number of benzene rings is 1. The van der Waals surface area contributed by atoms with E-state index in [1.165, 1.54) is 5.56 Å². The molecule has 0 saturated carbocycles. The molecule has 0 fully saturated rings. The van der Waals surface area contributed by atoms with Gasteiger partial charge in [-0.3, -0.25) is 4.98 Å². The van der Waals surface area contributed by atoms with Crippen molar-refractivity contribution >= 4 is 0 Å². The Kier molecular flexibility index (Phi) is 3.85. The van der Waals surface area contributed by atoms with Gasteiger partial charge in [0.1, 0.15) is 6.10 Å². The SMILES string of the molecule is CNCc1ccc(C(O)c2ccncc2)cc1. The number of aromatic nitrogens is 1. The molecule has 0 aliphatic carbocycles. The highest BCUT2D eigenvalue weighted by molar-refractivity contribution is 5.30. The van der Waals surface area contributed by atoms with E-state index in [0.29, 0.717) is 0 Å². The Morgan fingerprint density at radius 3 is 2.24 bits per heavy atom. The molecular formula is C14H16N2O. The summed E-state index contributed by atoms with van der Waals surface area (Å²) in [5, 5.41) is 13.3. The molecule has 3 heteroatoms. The zero-order chi connectivity index (χ0) is 12.1. The molecule has 0 saturated heterocycles. The molecule has 1 atom stereocenters. The molecule has 2 rings (SSSR count). The lowest BCUT2D eigenvalue weighted by Crippen LogP contribution is -2.05. The van der Waals surface area contributed by atoms with Crippen LogP contribution in [0, 0.1) is 0 Å². The summed E-state index contributed by atoms with van der Waals surface area (Å²) in [5.74, 6) is 0. The number of aliphatic hydroxyl groups is 1. The first-order valence-corrected chi connectivity index (χ1v) is 5.62. The van der Waals surface area contributed by atoms with Crippen LogP contribution < -0.4 is 5.32 Å². The average molecular weight is 228 g/mol. The molecule has 0 radical (unpaired) electrons. The minimum atomic E-state index is -0.582. The smallest absolute Gasteiger partial charge is 0.104 e. The minimum absolute atomic E-state index is 0.582. The molecule has 0 amide bonds. The van der Waals surface area contributed by atoms with E-state index in [0.717, 1.165) is 17.7 Å². The van der Waals surface area contributed by atoms with Gasteiger partial charge in [0.25, 0.3) is 0 Å². The van der Waals surface area contributed by atoms with Gasteiger partial charge in [-0.15, -0.1) is 0 Å². The molecule has 3 nitrogen and oxygen atoms in total. The van der Waals surface area contributed by atoms with Gasteiger partial charge in [0.2, 0.25) is 0 Å². The van der Waals surface area contributed by atoms with Crippen molar-refractivity contribution in [1.82, 2.24) is 10.3 Å². The number of pyridine rings is 1. The maximum atomic E-state index is 10.2. The van der Waals surface area contributed by atoms with Crippen LogP contribution in [0.25, 0.3) is 0 Å². The number of rotatable bonds is 4. The number of nitrogens with one attached hydrogen (secondary N) is 1. The Labute approximate surface area is 101 Å². The zero-order valence-electron chi connectivity index (χ0n) is 9.80. The lowest BCUT2D eigenvalue weighted by molar-refractivity contribution is 0.220. The molecule has 1 aromatic carbocycles. The lowest BCUT2D eigenvalue weighted by Gasteiger charge is -2.11. The third kappa shape index (κ3) is 2.90. The summed E-state index contributed by atoms with van der Waals surface area (Å²) < 4.78 is 0. The maximum Gasteiger partial charge on any atom is 0.104 e. The normalized spacial score (nSPS) is 12.4. The summed E-state index contributed by atoms with van der Waals surface area (Å²) in [7, 11) is 1.92. The fourth-order valence-corrected chi connectivity index (χ4v) is 1.76. The van der Waals surface area contributed by atoms with Gasteiger partial charge in [0, 0.05) is 18.9 Å². The first-order valence-electron chi connectivity index (χ1n) is 5.62. The molecule has 2 N–H and O–H groups in total. The predicted octanol–water partition coefficient (Wildman–Crippen LogP) is 1.88. The van der Waals surface area contributed by atoms with E-state index in [9.17, 15) is 5.11 Å². The van der Waals surface area contributed by atoms with Crippen molar-refractivity contribution in [3.05, 3.63) is 65.5 Å². The van der Waals surface area contributed by atoms with Gasteiger partial charge in [-0.2, -0.15) is 0 Å². The van der Waals surface area contributed by atoms with Crippen LogP contribution in [-0.4, -0.2) is 17.1 Å². The molecular weight excluding hydrogens is 212 g/mol. The van der Waals surface area contributed by atoms with Crippen LogP contribution in [0.3, 0.4) is 0 Å². The van der Waals surface area contributed by atoms with Crippen LogP contribution in [0.4, 0.5) is 0 Å². The molecule has 0 aliphatic heterocycles. The van der Waals surface area contributed by atoms with Crippen molar-refractivity contribution in [1.29, 1.82) is 0 Å². The number of hydrogen-bond donors (Lipinski definition) is 2. The second-order valence-corrected chi connectivity index (χ2v) is 3.95. The molecule has 0 aliphatic rings. The fraction of sp³-hybridized carbons (Fsp3) is 0.214. The Bertz CT molecular complexity index is 453. The Balaban J connectivity index is 2.17. The molecule has 2 aromatic rings. The van der Waals surface area contributed by atoms with Crippen molar-refractivity contribution in [3.8, 4) is 0 Å². The molecule has 1 aromatic heterocycles. The Hall–Kier alpha value is -1.71. The van der Waals surface area contributed by atoms with Gasteiger partial charge in [-0.1, -0.05) is 24.3 Å². The van der Waals surface area contributed by atoms with E-state index in [-0.39, 0.29) is 0 Å². The third-order valence-corrected chi connectivity index (χ3v) is 2.70. The van der Waals surface area contributed by atoms with Gasteiger partial charge in [0.15, 0.2) is 0 Å². The predicted molar refractivity (Wildman–Crippen MR) is 67.5 cm³/mol. The Morgan fingerprint density at radius 1 is 1.06 bits per heavy atom. The first kappa shape index (κ1) is 11.8. The van der Waals surface area contributed by atoms with Gasteiger partial charge < -0.3 is 10.4 Å². The zero-order valence-corrected chi connectivity index (χ0v) is 9.80. The largest absolute Gasteiger partial charge is 0.384 e. The van der Waals surface area contributed by atoms with Crippen LogP contribution in [0.2, 0.25) is 0 Å². The van der Waals surface area contributed by atoms with E-state index in [4.69, 9.17) is 0 Å². The summed E-state index contributed by atoms with van der Waals surface area (Å²) in [6, 6.07) is 11.6. The fourth-order valence-electron chi connectivity index (χ4n) is 1.76. The van der Waals surface area contributed by atoms with E-state index in [1.807, 2.05) is 43.4 Å². The second kappa shape index (κ2) is 5.57. The summed E-state index contributed by atoms with van der Waals surface area (Å²) >= 11 is 0. The molecule has 17 heavy (non-hydrogen) atoms. The molecule has 0 spiro atoms. The molecule has 88 valence electrons. The quantitative estimate of drug-likeness (QED) is 0.840. The van der Waals surface area contributed by atoms with Gasteiger partial charge >= 0.3 is 0 Å². The van der Waals surface area contributed by atoms with E-state index >= 15 is 0 Å². The maximum absolute atomic E-state index is 10.2. The molecule has 1 unspecified atom stereocenters. The highest BCUT2D eigenvalue weighted by atomic mass is 16.3. The van der Waals surface area contributed by atoms with Crippen molar-refractivity contribution in [3.63, 3.8) is 0 Å². The molecule has 1 heterocycles. The number of hydrogen-bond acceptors (Lipinski definition) is 3. The van der Waals surface area contributed by atoms with Crippen LogP contribution in [0.15, 0.2) is 48.8 Å².